The number of carbonyl (C=O) groups is 1. The maximum Gasteiger partial charge on any atom is 0.416 e. The highest BCUT2D eigenvalue weighted by atomic mass is 19.4. The number of alkyl halides is 3. The average molecular weight is 272 g/mol. The van der Waals surface area contributed by atoms with Crippen LogP contribution in [0.1, 0.15) is 18.1 Å². The van der Waals surface area contributed by atoms with Gasteiger partial charge in [0, 0.05) is 0 Å². The Hall–Kier alpha value is -2.07. The first-order valence-electron chi connectivity index (χ1n) is 5.32. The Morgan fingerprint density at radius 3 is 2.47 bits per heavy atom. The van der Waals surface area contributed by atoms with E-state index in [-0.39, 0.29) is 6.61 Å². The van der Waals surface area contributed by atoms with E-state index in [1.165, 1.54) is 19.1 Å². The van der Waals surface area contributed by atoms with Crippen LogP contribution in [-0.2, 0) is 22.4 Å². The van der Waals surface area contributed by atoms with Crippen LogP contribution in [-0.4, -0.2) is 5.91 Å². The second-order valence-electron chi connectivity index (χ2n) is 3.80. The van der Waals surface area contributed by atoms with Crippen molar-refractivity contribution in [1.82, 2.24) is 5.48 Å². The molecule has 0 aliphatic carbocycles. The van der Waals surface area contributed by atoms with E-state index in [0.29, 0.717) is 5.56 Å². The minimum absolute atomic E-state index is 0.0813. The molecule has 7 heteroatoms. The van der Waals surface area contributed by atoms with Crippen molar-refractivity contribution in [2.45, 2.75) is 19.7 Å². The van der Waals surface area contributed by atoms with E-state index in [1.807, 2.05) is 5.48 Å². The highest BCUT2D eigenvalue weighted by molar-refractivity contribution is 5.79. The summed E-state index contributed by atoms with van der Waals surface area (Å²) in [7, 11) is 0. The Bertz CT molecular complexity index is 477. The number of nitriles is 1. The van der Waals surface area contributed by atoms with Gasteiger partial charge >= 0.3 is 6.18 Å². The summed E-state index contributed by atoms with van der Waals surface area (Å²) in [5, 5.41) is 8.46. The first kappa shape index (κ1) is 15.0. The smallest absolute Gasteiger partial charge is 0.271 e. The third kappa shape index (κ3) is 4.60. The van der Waals surface area contributed by atoms with Crippen LogP contribution in [0.2, 0.25) is 0 Å². The van der Waals surface area contributed by atoms with Crippen molar-refractivity contribution in [2.75, 3.05) is 0 Å². The second kappa shape index (κ2) is 6.20. The van der Waals surface area contributed by atoms with Gasteiger partial charge in [-0.2, -0.15) is 18.4 Å². The maximum atomic E-state index is 12.3. The largest absolute Gasteiger partial charge is 0.416 e. The number of hydrogen-bond acceptors (Lipinski definition) is 3. The summed E-state index contributed by atoms with van der Waals surface area (Å²) in [6.07, 6.45) is -4.38. The summed E-state index contributed by atoms with van der Waals surface area (Å²) < 4.78 is 36.9. The van der Waals surface area contributed by atoms with Crippen molar-refractivity contribution in [1.29, 1.82) is 5.26 Å². The fraction of sp³-hybridized carbons (Fsp3) is 0.333. The van der Waals surface area contributed by atoms with Gasteiger partial charge in [0.2, 0.25) is 0 Å². The summed E-state index contributed by atoms with van der Waals surface area (Å²) in [6.45, 7) is 1.32. The Labute approximate surface area is 107 Å². The minimum Gasteiger partial charge on any atom is -0.271 e. The van der Waals surface area contributed by atoms with Crippen LogP contribution in [0.25, 0.3) is 0 Å². The van der Waals surface area contributed by atoms with Crippen molar-refractivity contribution in [3.63, 3.8) is 0 Å². The lowest BCUT2D eigenvalue weighted by Gasteiger charge is -2.09. The highest BCUT2D eigenvalue weighted by Crippen LogP contribution is 2.29. The molecule has 0 aromatic heterocycles. The molecule has 1 amide bonds. The zero-order valence-corrected chi connectivity index (χ0v) is 9.99. The topological polar surface area (TPSA) is 62.1 Å². The number of halogens is 3. The van der Waals surface area contributed by atoms with Crippen molar-refractivity contribution < 1.29 is 22.8 Å². The summed E-state index contributed by atoms with van der Waals surface area (Å²) >= 11 is 0. The second-order valence-corrected chi connectivity index (χ2v) is 3.80. The van der Waals surface area contributed by atoms with Crippen molar-refractivity contribution in [3.05, 3.63) is 35.4 Å². The summed E-state index contributed by atoms with van der Waals surface area (Å²) in [5.74, 6) is -1.46. The van der Waals surface area contributed by atoms with Crippen LogP contribution in [0.15, 0.2) is 24.3 Å². The van der Waals surface area contributed by atoms with E-state index in [9.17, 15) is 18.0 Å². The van der Waals surface area contributed by atoms with Crippen molar-refractivity contribution in [3.8, 4) is 6.07 Å². The molecule has 0 aliphatic heterocycles. The number of hydrogen-bond donors (Lipinski definition) is 1. The molecular formula is C12H11F3N2O2. The number of hydroxylamine groups is 1. The molecule has 1 unspecified atom stereocenters. The van der Waals surface area contributed by atoms with Gasteiger partial charge in [-0.15, -0.1) is 0 Å². The molecule has 1 aromatic carbocycles. The number of benzene rings is 1. The molecule has 0 saturated carbocycles. The van der Waals surface area contributed by atoms with Gasteiger partial charge in [0.05, 0.1) is 18.2 Å². The molecule has 19 heavy (non-hydrogen) atoms. The Balaban J connectivity index is 2.47. The summed E-state index contributed by atoms with van der Waals surface area (Å²) in [4.78, 5) is 15.9. The number of carbonyl (C=O) groups excluding carboxylic acids is 1. The summed E-state index contributed by atoms with van der Waals surface area (Å²) in [5.41, 5.74) is 1.76. The molecular weight excluding hydrogens is 261 g/mol. The highest BCUT2D eigenvalue weighted by Gasteiger charge is 2.29. The number of nitrogens with one attached hydrogen (secondary N) is 1. The monoisotopic (exact) mass is 272 g/mol. The van der Waals surface area contributed by atoms with E-state index in [2.05, 4.69) is 0 Å². The van der Waals surface area contributed by atoms with Gasteiger partial charge in [0.25, 0.3) is 5.91 Å². The van der Waals surface area contributed by atoms with Gasteiger partial charge in [-0.1, -0.05) is 12.1 Å². The third-order valence-electron chi connectivity index (χ3n) is 2.28. The first-order valence-corrected chi connectivity index (χ1v) is 5.32. The van der Waals surface area contributed by atoms with Gasteiger partial charge in [-0.05, 0) is 24.6 Å². The van der Waals surface area contributed by atoms with E-state index < -0.39 is 23.6 Å². The quantitative estimate of drug-likeness (QED) is 0.856. The van der Waals surface area contributed by atoms with Gasteiger partial charge in [0.1, 0.15) is 5.92 Å². The minimum atomic E-state index is -4.38. The Morgan fingerprint density at radius 2 is 2.00 bits per heavy atom. The van der Waals surface area contributed by atoms with Crippen LogP contribution >= 0.6 is 0 Å². The zero-order chi connectivity index (χ0) is 14.5. The predicted octanol–water partition coefficient (Wildman–Crippen LogP) is 2.41. The van der Waals surface area contributed by atoms with Crippen LogP contribution in [0.5, 0.6) is 0 Å². The lowest BCUT2D eigenvalue weighted by Crippen LogP contribution is -2.28. The number of nitrogens with zero attached hydrogens (tertiary/aromatic N) is 1. The van der Waals surface area contributed by atoms with Crippen molar-refractivity contribution in [2.24, 2.45) is 5.92 Å². The van der Waals surface area contributed by atoms with Crippen LogP contribution in [0, 0.1) is 17.2 Å². The SMILES string of the molecule is CC(C#N)C(=O)NOCc1ccc(C(F)(F)F)cc1. The Kier molecular flexibility index (Phi) is 4.89. The fourth-order valence-electron chi connectivity index (χ4n) is 1.13. The molecule has 1 rings (SSSR count). The van der Waals surface area contributed by atoms with Gasteiger partial charge in [-0.25, -0.2) is 5.48 Å². The molecule has 0 aliphatic rings. The molecule has 0 radical (unpaired) electrons. The maximum absolute atomic E-state index is 12.3. The fourth-order valence-corrected chi connectivity index (χ4v) is 1.13. The van der Waals surface area contributed by atoms with Gasteiger partial charge < -0.3 is 0 Å². The molecule has 0 heterocycles. The number of rotatable bonds is 4. The summed E-state index contributed by atoms with van der Waals surface area (Å²) in [6, 6.07) is 6.08. The molecule has 1 aromatic rings. The van der Waals surface area contributed by atoms with E-state index in [1.54, 1.807) is 6.07 Å². The van der Waals surface area contributed by atoms with Crippen LogP contribution in [0.3, 0.4) is 0 Å². The van der Waals surface area contributed by atoms with Crippen LogP contribution < -0.4 is 5.48 Å². The molecule has 0 fully saturated rings. The van der Waals surface area contributed by atoms with E-state index >= 15 is 0 Å². The average Bonchev–Trinajstić information content (AvgIpc) is 2.37. The van der Waals surface area contributed by atoms with E-state index in [4.69, 9.17) is 10.1 Å². The molecule has 0 spiro atoms. The molecule has 1 N–H and O–H groups in total. The lowest BCUT2D eigenvalue weighted by atomic mass is 10.1. The zero-order valence-electron chi connectivity index (χ0n) is 9.99. The molecule has 0 saturated heterocycles. The standard InChI is InChI=1S/C12H11F3N2O2/c1-8(6-16)11(18)17-19-7-9-2-4-10(5-3-9)12(13,14)15/h2-5,8H,7H2,1H3,(H,17,18). The third-order valence-corrected chi connectivity index (χ3v) is 2.28. The molecule has 102 valence electrons. The first-order chi connectivity index (χ1) is 8.84. The van der Waals surface area contributed by atoms with Gasteiger partial charge in [-0.3, -0.25) is 9.63 Å². The lowest BCUT2D eigenvalue weighted by molar-refractivity contribution is -0.137. The van der Waals surface area contributed by atoms with Gasteiger partial charge in [0.15, 0.2) is 0 Å². The van der Waals surface area contributed by atoms with Crippen molar-refractivity contribution >= 4 is 5.91 Å². The predicted molar refractivity (Wildman–Crippen MR) is 59.2 cm³/mol. The van der Waals surface area contributed by atoms with E-state index in [0.717, 1.165) is 12.1 Å². The number of amides is 1. The Morgan fingerprint density at radius 1 is 1.42 bits per heavy atom. The normalized spacial score (nSPS) is 12.6. The van der Waals surface area contributed by atoms with Crippen LogP contribution in [0.4, 0.5) is 13.2 Å². The molecule has 4 nitrogen and oxygen atoms in total. The molecule has 0 bridgehead atoms. The molecule has 1 atom stereocenters.